The fourth-order valence-corrected chi connectivity index (χ4v) is 3.95. The molecular formula is C23H18N8. The molecule has 2 N–H and O–H groups in total. The standard InChI is InChI=1S/C23H18N8/c1-13-26-12-21(31(13)2)15-6-17-22(29-30-23(17)27-9-15)19-7-16-18(10-25-11-20(16)28-19)14-4-3-5-24-8-14/h3-12,28H,1-2H3,(H,27,29,30). The van der Waals surface area contributed by atoms with Gasteiger partial charge in [0.25, 0.3) is 0 Å². The van der Waals surface area contributed by atoms with E-state index in [1.54, 1.807) is 6.20 Å². The van der Waals surface area contributed by atoms with Crippen LogP contribution in [0.25, 0.3) is 55.7 Å². The van der Waals surface area contributed by atoms with Crippen molar-refractivity contribution in [2.45, 2.75) is 6.92 Å². The zero-order valence-electron chi connectivity index (χ0n) is 17.0. The first-order chi connectivity index (χ1) is 15.2. The summed E-state index contributed by atoms with van der Waals surface area (Å²) in [6, 6.07) is 8.17. The highest BCUT2D eigenvalue weighted by molar-refractivity contribution is 6.00. The third-order valence-corrected chi connectivity index (χ3v) is 5.71. The van der Waals surface area contributed by atoms with Crippen LogP contribution in [0.2, 0.25) is 0 Å². The van der Waals surface area contributed by atoms with E-state index in [0.717, 1.165) is 61.5 Å². The quantitative estimate of drug-likeness (QED) is 0.457. The Kier molecular flexibility index (Phi) is 3.73. The number of hydrogen-bond acceptors (Lipinski definition) is 5. The third kappa shape index (κ3) is 2.72. The van der Waals surface area contributed by atoms with Gasteiger partial charge in [0, 0.05) is 59.3 Å². The molecule has 6 heterocycles. The SMILES string of the molecule is Cc1ncc(-c2cnc3[nH]nc(-c4cc5c(-c6cccnc6)cncc5[nH]4)c3c2)n1C. The lowest BCUT2D eigenvalue weighted by Gasteiger charge is -2.04. The number of aryl methyl sites for hydroxylation is 1. The predicted molar refractivity (Wildman–Crippen MR) is 119 cm³/mol. The van der Waals surface area contributed by atoms with Gasteiger partial charge in [-0.1, -0.05) is 6.07 Å². The van der Waals surface area contributed by atoms with Crippen molar-refractivity contribution >= 4 is 21.9 Å². The summed E-state index contributed by atoms with van der Waals surface area (Å²) < 4.78 is 2.05. The summed E-state index contributed by atoms with van der Waals surface area (Å²) in [4.78, 5) is 21.1. The van der Waals surface area contributed by atoms with Crippen molar-refractivity contribution in [2.24, 2.45) is 7.05 Å². The molecule has 6 rings (SSSR count). The van der Waals surface area contributed by atoms with Crippen molar-refractivity contribution in [3.63, 3.8) is 0 Å². The molecule has 0 aliphatic heterocycles. The topological polar surface area (TPSA) is 101 Å². The van der Waals surface area contributed by atoms with Crippen LogP contribution in [0.15, 0.2) is 61.4 Å². The lowest BCUT2D eigenvalue weighted by Crippen LogP contribution is -1.94. The smallest absolute Gasteiger partial charge is 0.155 e. The highest BCUT2D eigenvalue weighted by Gasteiger charge is 2.16. The predicted octanol–water partition coefficient (Wildman–Crippen LogP) is 4.27. The lowest BCUT2D eigenvalue weighted by atomic mass is 10.1. The monoisotopic (exact) mass is 406 g/mol. The maximum absolute atomic E-state index is 4.58. The van der Waals surface area contributed by atoms with Crippen molar-refractivity contribution in [1.82, 2.24) is 39.7 Å². The Morgan fingerprint density at radius 3 is 2.65 bits per heavy atom. The van der Waals surface area contributed by atoms with Crippen LogP contribution in [0.5, 0.6) is 0 Å². The molecule has 0 fully saturated rings. The summed E-state index contributed by atoms with van der Waals surface area (Å²) >= 11 is 0. The van der Waals surface area contributed by atoms with E-state index < -0.39 is 0 Å². The molecule has 0 unspecified atom stereocenters. The Balaban J connectivity index is 1.52. The molecule has 0 saturated heterocycles. The summed E-state index contributed by atoms with van der Waals surface area (Å²) in [5, 5.41) is 9.61. The highest BCUT2D eigenvalue weighted by atomic mass is 15.2. The van der Waals surface area contributed by atoms with Gasteiger partial charge in [0.2, 0.25) is 0 Å². The summed E-state index contributed by atoms with van der Waals surface area (Å²) in [7, 11) is 2.00. The van der Waals surface area contributed by atoms with Gasteiger partial charge in [-0.25, -0.2) is 9.97 Å². The fraction of sp³-hybridized carbons (Fsp3) is 0.0870. The van der Waals surface area contributed by atoms with Gasteiger partial charge in [0.1, 0.15) is 11.5 Å². The summed E-state index contributed by atoms with van der Waals surface area (Å²) in [5.74, 6) is 0.952. The number of hydrogen-bond donors (Lipinski definition) is 2. The Bertz CT molecular complexity index is 1560. The van der Waals surface area contributed by atoms with Crippen molar-refractivity contribution in [1.29, 1.82) is 0 Å². The molecule has 31 heavy (non-hydrogen) atoms. The molecule has 0 radical (unpaired) electrons. The number of nitrogens with one attached hydrogen (secondary N) is 2. The minimum Gasteiger partial charge on any atom is -0.352 e. The van der Waals surface area contributed by atoms with Crippen molar-refractivity contribution in [3.05, 3.63) is 67.3 Å². The molecule has 8 nitrogen and oxygen atoms in total. The number of imidazole rings is 1. The fourth-order valence-electron chi connectivity index (χ4n) is 3.95. The van der Waals surface area contributed by atoms with Crippen LogP contribution >= 0.6 is 0 Å². The Morgan fingerprint density at radius 1 is 0.903 bits per heavy atom. The van der Waals surface area contributed by atoms with E-state index in [2.05, 4.69) is 51.8 Å². The number of aromatic nitrogens is 8. The zero-order valence-corrected chi connectivity index (χ0v) is 17.0. The van der Waals surface area contributed by atoms with Crippen LogP contribution < -0.4 is 0 Å². The molecule has 0 amide bonds. The highest BCUT2D eigenvalue weighted by Crippen LogP contribution is 2.34. The molecule has 0 atom stereocenters. The van der Waals surface area contributed by atoms with E-state index in [0.29, 0.717) is 0 Å². The molecule has 0 saturated carbocycles. The second-order valence-electron chi connectivity index (χ2n) is 7.52. The van der Waals surface area contributed by atoms with Gasteiger partial charge in [-0.2, -0.15) is 5.10 Å². The molecule has 0 aromatic carbocycles. The second kappa shape index (κ2) is 6.60. The number of fused-ring (bicyclic) bond motifs is 2. The summed E-state index contributed by atoms with van der Waals surface area (Å²) in [6.45, 7) is 1.98. The molecule has 8 heteroatoms. The van der Waals surface area contributed by atoms with Crippen molar-refractivity contribution < 1.29 is 0 Å². The van der Waals surface area contributed by atoms with Crippen molar-refractivity contribution in [3.8, 4) is 33.8 Å². The largest absolute Gasteiger partial charge is 0.352 e. The van der Waals surface area contributed by atoms with E-state index in [-0.39, 0.29) is 0 Å². The lowest BCUT2D eigenvalue weighted by molar-refractivity contribution is 0.865. The molecule has 0 spiro atoms. The van der Waals surface area contributed by atoms with Crippen LogP contribution in [0, 0.1) is 6.92 Å². The molecule has 0 bridgehead atoms. The average molecular weight is 406 g/mol. The first-order valence-corrected chi connectivity index (χ1v) is 9.89. The molecular weight excluding hydrogens is 388 g/mol. The number of pyridine rings is 3. The molecule has 6 aromatic heterocycles. The van der Waals surface area contributed by atoms with Crippen LogP contribution in [0.4, 0.5) is 0 Å². The average Bonchev–Trinajstić information content (AvgIpc) is 3.50. The number of nitrogens with zero attached hydrogens (tertiary/aromatic N) is 6. The normalized spacial score (nSPS) is 11.5. The van der Waals surface area contributed by atoms with Crippen LogP contribution in [-0.4, -0.2) is 39.7 Å². The van der Waals surface area contributed by atoms with E-state index in [4.69, 9.17) is 0 Å². The zero-order chi connectivity index (χ0) is 20.9. The van der Waals surface area contributed by atoms with Gasteiger partial charge in [-0.05, 0) is 25.1 Å². The Hall–Kier alpha value is -4.33. The van der Waals surface area contributed by atoms with Crippen LogP contribution in [0.3, 0.4) is 0 Å². The maximum Gasteiger partial charge on any atom is 0.155 e. The molecule has 0 aliphatic carbocycles. The van der Waals surface area contributed by atoms with E-state index >= 15 is 0 Å². The van der Waals surface area contributed by atoms with Crippen LogP contribution in [-0.2, 0) is 7.05 Å². The van der Waals surface area contributed by atoms with Gasteiger partial charge >= 0.3 is 0 Å². The first-order valence-electron chi connectivity index (χ1n) is 9.89. The van der Waals surface area contributed by atoms with Crippen LogP contribution in [0.1, 0.15) is 5.82 Å². The molecule has 0 aliphatic rings. The first kappa shape index (κ1) is 17.5. The van der Waals surface area contributed by atoms with Gasteiger partial charge in [0.05, 0.1) is 29.3 Å². The van der Waals surface area contributed by atoms with Gasteiger partial charge in [0.15, 0.2) is 5.65 Å². The second-order valence-corrected chi connectivity index (χ2v) is 7.52. The number of rotatable bonds is 3. The summed E-state index contributed by atoms with van der Waals surface area (Å²) in [5.41, 5.74) is 7.45. The molecule has 150 valence electrons. The van der Waals surface area contributed by atoms with Gasteiger partial charge in [-0.3, -0.25) is 15.1 Å². The van der Waals surface area contributed by atoms with Gasteiger partial charge < -0.3 is 9.55 Å². The number of aromatic amines is 2. The third-order valence-electron chi connectivity index (χ3n) is 5.71. The van der Waals surface area contributed by atoms with Crippen molar-refractivity contribution in [2.75, 3.05) is 0 Å². The minimum atomic E-state index is 0.738. The molecule has 6 aromatic rings. The van der Waals surface area contributed by atoms with E-state index in [1.165, 1.54) is 0 Å². The summed E-state index contributed by atoms with van der Waals surface area (Å²) in [6.07, 6.45) is 11.0. The minimum absolute atomic E-state index is 0.738. The van der Waals surface area contributed by atoms with E-state index in [9.17, 15) is 0 Å². The van der Waals surface area contributed by atoms with Gasteiger partial charge in [-0.15, -0.1) is 0 Å². The Morgan fingerprint density at radius 2 is 1.84 bits per heavy atom. The van der Waals surface area contributed by atoms with E-state index in [1.807, 2.05) is 57.1 Å². The Labute approximate surface area is 177 Å². The maximum atomic E-state index is 4.58. The number of H-pyrrole nitrogens is 2.